The number of piperazine rings is 1. The fourth-order valence-electron chi connectivity index (χ4n) is 2.84. The Kier molecular flexibility index (Phi) is 5.52. The van der Waals surface area contributed by atoms with E-state index in [-0.39, 0.29) is 23.8 Å². The predicted octanol–water partition coefficient (Wildman–Crippen LogP) is 3.14. The molecule has 0 bridgehead atoms. The monoisotopic (exact) mass is 430 g/mol. The summed E-state index contributed by atoms with van der Waals surface area (Å²) in [7, 11) is -4.18. The van der Waals surface area contributed by atoms with Crippen LogP contribution in [-0.4, -0.2) is 43.9 Å². The zero-order valence-corrected chi connectivity index (χ0v) is 15.9. The molecule has 6 nitrogen and oxygen atoms in total. The molecule has 11 heteroatoms. The van der Waals surface area contributed by atoms with E-state index in [9.17, 15) is 21.6 Å². The molecule has 2 heterocycles. The molecule has 1 saturated heterocycles. The number of nitriles is 1. The van der Waals surface area contributed by atoms with Gasteiger partial charge < -0.3 is 4.90 Å². The quantitative estimate of drug-likeness (QED) is 0.747. The summed E-state index contributed by atoms with van der Waals surface area (Å²) in [5.41, 5.74) is -0.0740. The number of pyridine rings is 1. The Balaban J connectivity index is 1.79. The SMILES string of the molecule is N#Cc1ccc(N2CCN(S(=O)(=O)c3cc(C(F)(F)F)ccc3Cl)CC2)cn1. The molecule has 148 valence electrons. The van der Waals surface area contributed by atoms with Crippen molar-refractivity contribution in [2.24, 2.45) is 0 Å². The van der Waals surface area contributed by atoms with Crippen molar-refractivity contribution < 1.29 is 21.6 Å². The highest BCUT2D eigenvalue weighted by Gasteiger charge is 2.35. The fourth-order valence-corrected chi connectivity index (χ4v) is 4.76. The molecule has 0 unspecified atom stereocenters. The minimum Gasteiger partial charge on any atom is -0.368 e. The first-order valence-electron chi connectivity index (χ1n) is 8.11. The average molecular weight is 431 g/mol. The van der Waals surface area contributed by atoms with Crippen LogP contribution in [0, 0.1) is 11.3 Å². The van der Waals surface area contributed by atoms with Crippen LogP contribution in [0.2, 0.25) is 5.02 Å². The maximum atomic E-state index is 12.9. The van der Waals surface area contributed by atoms with Crippen molar-refractivity contribution in [1.82, 2.24) is 9.29 Å². The third-order valence-corrected chi connectivity index (χ3v) is 6.72. The van der Waals surface area contributed by atoms with Gasteiger partial charge in [0.05, 0.1) is 22.5 Å². The van der Waals surface area contributed by atoms with Crippen LogP contribution < -0.4 is 4.90 Å². The molecule has 1 aliphatic rings. The molecule has 0 aliphatic carbocycles. The topological polar surface area (TPSA) is 77.3 Å². The largest absolute Gasteiger partial charge is 0.416 e. The number of anilines is 1. The van der Waals surface area contributed by atoms with E-state index in [0.29, 0.717) is 19.2 Å². The second kappa shape index (κ2) is 7.58. The summed E-state index contributed by atoms with van der Waals surface area (Å²) in [4.78, 5) is 5.30. The average Bonchev–Trinajstić information content (AvgIpc) is 2.67. The number of rotatable bonds is 3. The minimum absolute atomic E-state index is 0.0783. The number of aromatic nitrogens is 1. The van der Waals surface area contributed by atoms with Gasteiger partial charge in [0.25, 0.3) is 0 Å². The number of alkyl halides is 3. The number of hydrogen-bond donors (Lipinski definition) is 0. The van der Waals surface area contributed by atoms with Gasteiger partial charge in [-0.15, -0.1) is 0 Å². The summed E-state index contributed by atoms with van der Waals surface area (Å²) in [6.07, 6.45) is -3.15. The highest BCUT2D eigenvalue weighted by Crippen LogP contribution is 2.34. The van der Waals surface area contributed by atoms with E-state index < -0.39 is 26.7 Å². The first kappa shape index (κ1) is 20.4. The number of hydrogen-bond acceptors (Lipinski definition) is 5. The summed E-state index contributed by atoms with van der Waals surface area (Å²) in [5.74, 6) is 0. The first-order chi connectivity index (χ1) is 13.1. The van der Waals surface area contributed by atoms with Gasteiger partial charge in [-0.2, -0.15) is 22.7 Å². The number of halogens is 4. The molecule has 0 atom stereocenters. The second-order valence-electron chi connectivity index (χ2n) is 6.05. The summed E-state index contributed by atoms with van der Waals surface area (Å²) in [5, 5.41) is 8.53. The zero-order chi connectivity index (χ0) is 20.5. The Hall–Kier alpha value is -2.35. The third kappa shape index (κ3) is 4.06. The van der Waals surface area contributed by atoms with E-state index in [4.69, 9.17) is 16.9 Å². The lowest BCUT2D eigenvalue weighted by atomic mass is 10.2. The molecule has 0 saturated carbocycles. The van der Waals surface area contributed by atoms with Gasteiger partial charge >= 0.3 is 6.18 Å². The van der Waals surface area contributed by atoms with Crippen molar-refractivity contribution in [2.75, 3.05) is 31.1 Å². The fraction of sp³-hybridized carbons (Fsp3) is 0.294. The lowest BCUT2D eigenvalue weighted by Gasteiger charge is -2.35. The smallest absolute Gasteiger partial charge is 0.368 e. The van der Waals surface area contributed by atoms with Crippen LogP contribution in [0.25, 0.3) is 0 Å². The van der Waals surface area contributed by atoms with E-state index in [0.717, 1.165) is 22.1 Å². The van der Waals surface area contributed by atoms with Crippen LogP contribution >= 0.6 is 11.6 Å². The lowest BCUT2D eigenvalue weighted by Crippen LogP contribution is -2.48. The Labute approximate surface area is 164 Å². The van der Waals surface area contributed by atoms with Crippen molar-refractivity contribution in [3.05, 3.63) is 52.8 Å². The van der Waals surface area contributed by atoms with Crippen LogP contribution in [0.4, 0.5) is 18.9 Å². The molecule has 0 spiro atoms. The normalized spacial score (nSPS) is 16.0. The zero-order valence-electron chi connectivity index (χ0n) is 14.3. The van der Waals surface area contributed by atoms with Gasteiger partial charge in [-0.05, 0) is 30.3 Å². The van der Waals surface area contributed by atoms with E-state index in [2.05, 4.69) is 4.98 Å². The molecule has 1 aromatic heterocycles. The summed E-state index contributed by atoms with van der Waals surface area (Å²) >= 11 is 5.88. The summed E-state index contributed by atoms with van der Waals surface area (Å²) in [6, 6.07) is 7.43. The molecule has 1 aliphatic heterocycles. The highest BCUT2D eigenvalue weighted by molar-refractivity contribution is 7.89. The summed E-state index contributed by atoms with van der Waals surface area (Å²) < 4.78 is 65.6. The van der Waals surface area contributed by atoms with E-state index in [1.165, 1.54) is 6.20 Å². The number of benzene rings is 1. The predicted molar refractivity (Wildman–Crippen MR) is 96.4 cm³/mol. The maximum absolute atomic E-state index is 12.9. The van der Waals surface area contributed by atoms with Crippen molar-refractivity contribution in [2.45, 2.75) is 11.1 Å². The molecule has 0 radical (unpaired) electrons. The molecule has 28 heavy (non-hydrogen) atoms. The first-order valence-corrected chi connectivity index (χ1v) is 9.93. The van der Waals surface area contributed by atoms with Gasteiger partial charge in [0, 0.05) is 26.2 Å². The van der Waals surface area contributed by atoms with Gasteiger partial charge in [-0.3, -0.25) is 0 Å². The van der Waals surface area contributed by atoms with Gasteiger partial charge in [0.2, 0.25) is 10.0 Å². The Bertz CT molecular complexity index is 1010. The van der Waals surface area contributed by atoms with Crippen molar-refractivity contribution >= 4 is 27.3 Å². The Morgan fingerprint density at radius 3 is 2.32 bits per heavy atom. The van der Waals surface area contributed by atoms with Gasteiger partial charge in [-0.25, -0.2) is 13.4 Å². The molecule has 2 aromatic rings. The van der Waals surface area contributed by atoms with Crippen LogP contribution in [0.3, 0.4) is 0 Å². The molecule has 0 amide bonds. The van der Waals surface area contributed by atoms with Crippen molar-refractivity contribution in [3.8, 4) is 6.07 Å². The van der Waals surface area contributed by atoms with Crippen molar-refractivity contribution in [3.63, 3.8) is 0 Å². The van der Waals surface area contributed by atoms with E-state index in [1.54, 1.807) is 12.1 Å². The molecule has 3 rings (SSSR count). The Morgan fingerprint density at radius 2 is 1.79 bits per heavy atom. The number of nitrogens with zero attached hydrogens (tertiary/aromatic N) is 4. The van der Waals surface area contributed by atoms with Gasteiger partial charge in [0.1, 0.15) is 16.7 Å². The van der Waals surface area contributed by atoms with Crippen molar-refractivity contribution in [1.29, 1.82) is 5.26 Å². The van der Waals surface area contributed by atoms with E-state index >= 15 is 0 Å². The standard InChI is InChI=1S/C17H14ClF3N4O2S/c18-15-4-1-12(17(19,20)21)9-16(15)28(26,27)25-7-5-24(6-8-25)14-3-2-13(10-22)23-11-14/h1-4,9,11H,5-8H2. The molecular weight excluding hydrogens is 417 g/mol. The summed E-state index contributed by atoms with van der Waals surface area (Å²) in [6.45, 7) is 0.802. The number of sulfonamides is 1. The van der Waals surface area contributed by atoms with Gasteiger partial charge in [-0.1, -0.05) is 11.6 Å². The Morgan fingerprint density at radius 1 is 1.11 bits per heavy atom. The molecule has 0 N–H and O–H groups in total. The van der Waals surface area contributed by atoms with Crippen LogP contribution in [0.15, 0.2) is 41.4 Å². The third-order valence-electron chi connectivity index (χ3n) is 4.34. The van der Waals surface area contributed by atoms with Crippen LogP contribution in [0.5, 0.6) is 0 Å². The van der Waals surface area contributed by atoms with Crippen LogP contribution in [-0.2, 0) is 16.2 Å². The van der Waals surface area contributed by atoms with Gasteiger partial charge in [0.15, 0.2) is 0 Å². The van der Waals surface area contributed by atoms with E-state index in [1.807, 2.05) is 11.0 Å². The molecule has 1 aromatic carbocycles. The highest BCUT2D eigenvalue weighted by atomic mass is 35.5. The molecule has 1 fully saturated rings. The van der Waals surface area contributed by atoms with Crippen LogP contribution in [0.1, 0.15) is 11.3 Å². The minimum atomic E-state index is -4.67. The molecular formula is C17H14ClF3N4O2S. The lowest BCUT2D eigenvalue weighted by molar-refractivity contribution is -0.137. The maximum Gasteiger partial charge on any atom is 0.416 e. The second-order valence-corrected chi connectivity index (χ2v) is 8.36.